The number of hydrogen-bond acceptors (Lipinski definition) is 7. The number of para-hydroxylation sites is 1. The summed E-state index contributed by atoms with van der Waals surface area (Å²) in [5.74, 6) is 0.479. The van der Waals surface area contributed by atoms with Crippen LogP contribution in [0.5, 0.6) is 11.5 Å². The highest BCUT2D eigenvalue weighted by Crippen LogP contribution is 2.33. The van der Waals surface area contributed by atoms with Crippen LogP contribution >= 0.6 is 0 Å². The van der Waals surface area contributed by atoms with Crippen molar-refractivity contribution in [2.45, 2.75) is 43.5 Å². The number of ketones is 1. The lowest BCUT2D eigenvalue weighted by Gasteiger charge is -2.24. The van der Waals surface area contributed by atoms with Crippen LogP contribution in [0, 0.1) is 0 Å². The van der Waals surface area contributed by atoms with E-state index in [-0.39, 0.29) is 36.3 Å². The predicted octanol–water partition coefficient (Wildman–Crippen LogP) is 3.16. The van der Waals surface area contributed by atoms with Crippen LogP contribution in [0.3, 0.4) is 0 Å². The van der Waals surface area contributed by atoms with Gasteiger partial charge in [-0.15, -0.1) is 0 Å². The third-order valence-electron chi connectivity index (χ3n) is 7.33. The minimum Gasteiger partial charge on any atom is -0.457 e. The first-order valence-corrected chi connectivity index (χ1v) is 15.2. The van der Waals surface area contributed by atoms with Crippen LogP contribution in [0.15, 0.2) is 79.1 Å². The second kappa shape index (κ2) is 12.6. The maximum atomic E-state index is 13.1. The Balaban J connectivity index is 1.05. The maximum absolute atomic E-state index is 13.1. The predicted molar refractivity (Wildman–Crippen MR) is 152 cm³/mol. The second-order valence-corrected chi connectivity index (χ2v) is 12.1. The fourth-order valence-corrected chi connectivity index (χ4v) is 7.05. The lowest BCUT2D eigenvalue weighted by Crippen LogP contribution is -2.43. The van der Waals surface area contributed by atoms with E-state index in [0.29, 0.717) is 55.0 Å². The monoisotopic (exact) mass is 576 g/mol. The van der Waals surface area contributed by atoms with Crippen molar-refractivity contribution in [2.75, 3.05) is 19.6 Å². The first-order valence-electron chi connectivity index (χ1n) is 13.6. The molecule has 2 aliphatic heterocycles. The van der Waals surface area contributed by atoms with Gasteiger partial charge in [0, 0.05) is 37.5 Å². The molecule has 0 spiro atoms. The molecule has 11 heteroatoms. The van der Waals surface area contributed by atoms with Crippen LogP contribution in [0.2, 0.25) is 0 Å². The van der Waals surface area contributed by atoms with Gasteiger partial charge in [0.15, 0.2) is 5.78 Å². The van der Waals surface area contributed by atoms with Crippen LogP contribution in [-0.4, -0.2) is 71.9 Å². The number of benzene rings is 2. The molecule has 41 heavy (non-hydrogen) atoms. The highest BCUT2D eigenvalue weighted by molar-refractivity contribution is 7.88. The second-order valence-electron chi connectivity index (χ2n) is 10.2. The molecule has 2 aromatic carbocycles. The molecular formula is C30H32N4O6S. The number of fused-ring (bicyclic) bond motifs is 1. The molecule has 0 bridgehead atoms. The van der Waals surface area contributed by atoms with Gasteiger partial charge in [0.1, 0.15) is 17.5 Å². The molecule has 0 radical (unpaired) electrons. The summed E-state index contributed by atoms with van der Waals surface area (Å²) in [7, 11) is -3.73. The Labute approximate surface area is 239 Å². The Morgan fingerprint density at radius 1 is 0.976 bits per heavy atom. The van der Waals surface area contributed by atoms with Crippen molar-refractivity contribution < 1.29 is 27.5 Å². The van der Waals surface area contributed by atoms with E-state index in [1.165, 1.54) is 15.4 Å². The zero-order chi connectivity index (χ0) is 28.8. The first-order chi connectivity index (χ1) is 19.8. The molecule has 5 rings (SSSR count). The van der Waals surface area contributed by atoms with Crippen molar-refractivity contribution >= 4 is 27.6 Å². The van der Waals surface area contributed by atoms with Gasteiger partial charge >= 0.3 is 0 Å². The Bertz CT molecular complexity index is 1480. The summed E-state index contributed by atoms with van der Waals surface area (Å²) in [5.41, 5.74) is 1.06. The van der Waals surface area contributed by atoms with Crippen molar-refractivity contribution in [1.29, 1.82) is 0 Å². The summed E-state index contributed by atoms with van der Waals surface area (Å²) < 4.78 is 33.1. The Morgan fingerprint density at radius 2 is 1.73 bits per heavy atom. The SMILES string of the molecule is O=C(NCCCCC(=O)N1CCC2C1C(=O)CN2S(=O)(=O)Cc1cccnc1)c1ccc(Oc2ccccc2)cc1. The van der Waals surface area contributed by atoms with Gasteiger partial charge < -0.3 is 15.0 Å². The van der Waals surface area contributed by atoms with Crippen LogP contribution < -0.4 is 10.1 Å². The fourth-order valence-electron chi connectivity index (χ4n) is 5.34. The largest absolute Gasteiger partial charge is 0.457 e. The quantitative estimate of drug-likeness (QED) is 0.348. The number of likely N-dealkylation sites (tertiary alicyclic amines) is 1. The first kappa shape index (κ1) is 28.4. The van der Waals surface area contributed by atoms with Gasteiger partial charge in [0.25, 0.3) is 5.91 Å². The number of amides is 2. The summed E-state index contributed by atoms with van der Waals surface area (Å²) in [5, 5.41) is 2.86. The van der Waals surface area contributed by atoms with Crippen LogP contribution in [0.25, 0.3) is 0 Å². The third-order valence-corrected chi connectivity index (χ3v) is 9.14. The van der Waals surface area contributed by atoms with E-state index in [9.17, 15) is 22.8 Å². The lowest BCUT2D eigenvalue weighted by molar-refractivity contribution is -0.136. The average molecular weight is 577 g/mol. The van der Waals surface area contributed by atoms with Crippen molar-refractivity contribution in [3.63, 3.8) is 0 Å². The molecule has 2 aliphatic rings. The summed E-state index contributed by atoms with van der Waals surface area (Å²) in [4.78, 5) is 43.8. The van der Waals surface area contributed by atoms with E-state index in [0.717, 1.165) is 0 Å². The molecule has 0 aliphatic carbocycles. The molecule has 1 N–H and O–H groups in total. The van der Waals surface area contributed by atoms with Gasteiger partial charge in [-0.05, 0) is 67.3 Å². The van der Waals surface area contributed by atoms with E-state index in [1.807, 2.05) is 30.3 Å². The van der Waals surface area contributed by atoms with E-state index < -0.39 is 22.1 Å². The molecule has 2 amide bonds. The van der Waals surface area contributed by atoms with Crippen molar-refractivity contribution in [3.05, 3.63) is 90.3 Å². The normalized spacial score (nSPS) is 18.7. The molecule has 2 unspecified atom stereocenters. The average Bonchev–Trinajstić information content (AvgIpc) is 3.55. The van der Waals surface area contributed by atoms with E-state index in [4.69, 9.17) is 4.74 Å². The fraction of sp³-hybridized carbons (Fsp3) is 0.333. The van der Waals surface area contributed by atoms with E-state index >= 15 is 0 Å². The topological polar surface area (TPSA) is 126 Å². The standard InChI is InChI=1S/C30H32N4O6S/c35-27-20-34(41(38,39)21-22-7-6-16-31-19-22)26-15-18-33(29(26)27)28(36)10-4-5-17-32-30(37)23-11-13-25(14-12-23)40-24-8-2-1-3-9-24/h1-3,6-9,11-14,16,19,26,29H,4-5,10,15,17-18,20-21H2,(H,32,37). The van der Waals surface area contributed by atoms with E-state index in [2.05, 4.69) is 10.3 Å². The highest BCUT2D eigenvalue weighted by atomic mass is 32.2. The minimum absolute atomic E-state index is 0.169. The van der Waals surface area contributed by atoms with Crippen LogP contribution in [-0.2, 0) is 25.4 Å². The Morgan fingerprint density at radius 3 is 2.46 bits per heavy atom. The number of nitrogens with one attached hydrogen (secondary N) is 1. The number of rotatable bonds is 11. The van der Waals surface area contributed by atoms with E-state index in [1.54, 1.807) is 42.6 Å². The molecule has 3 aromatic rings. The van der Waals surface area contributed by atoms with Crippen LogP contribution in [0.1, 0.15) is 41.6 Å². The lowest BCUT2D eigenvalue weighted by atomic mass is 10.1. The number of nitrogens with zero attached hydrogens (tertiary/aromatic N) is 3. The number of unbranched alkanes of at least 4 members (excludes halogenated alkanes) is 1. The molecular weight excluding hydrogens is 544 g/mol. The van der Waals surface area contributed by atoms with Gasteiger partial charge in [-0.1, -0.05) is 24.3 Å². The van der Waals surface area contributed by atoms with Gasteiger partial charge in [0.05, 0.1) is 18.3 Å². The summed E-state index contributed by atoms with van der Waals surface area (Å²) >= 11 is 0. The molecule has 0 saturated carbocycles. The van der Waals surface area contributed by atoms with Gasteiger partial charge in [-0.3, -0.25) is 19.4 Å². The number of hydrogen-bond donors (Lipinski definition) is 1. The molecule has 10 nitrogen and oxygen atoms in total. The zero-order valence-corrected chi connectivity index (χ0v) is 23.3. The molecule has 214 valence electrons. The zero-order valence-electron chi connectivity index (χ0n) is 22.5. The van der Waals surface area contributed by atoms with Crippen molar-refractivity contribution in [3.8, 4) is 11.5 Å². The van der Waals surface area contributed by atoms with Gasteiger partial charge in [0.2, 0.25) is 15.9 Å². The molecule has 1 aromatic heterocycles. The number of sulfonamides is 1. The van der Waals surface area contributed by atoms with Crippen LogP contribution in [0.4, 0.5) is 0 Å². The van der Waals surface area contributed by atoms with Crippen molar-refractivity contribution in [1.82, 2.24) is 19.5 Å². The number of pyridine rings is 1. The number of Topliss-reactive ketones (excluding diaryl/α,β-unsaturated/α-hetero) is 1. The third kappa shape index (κ3) is 6.80. The minimum atomic E-state index is -3.73. The number of carbonyl (C=O) groups excluding carboxylic acids is 3. The molecule has 3 heterocycles. The number of ether oxygens (including phenoxy) is 1. The summed E-state index contributed by atoms with van der Waals surface area (Å²) in [6, 6.07) is 18.3. The Kier molecular flexibility index (Phi) is 8.75. The van der Waals surface area contributed by atoms with Crippen molar-refractivity contribution in [2.24, 2.45) is 0 Å². The summed E-state index contributed by atoms with van der Waals surface area (Å²) in [6.07, 6.45) is 4.85. The van der Waals surface area contributed by atoms with Gasteiger partial charge in [-0.2, -0.15) is 4.31 Å². The summed E-state index contributed by atoms with van der Waals surface area (Å²) in [6.45, 7) is 0.534. The number of carbonyl (C=O) groups is 3. The maximum Gasteiger partial charge on any atom is 0.251 e. The molecule has 2 fully saturated rings. The molecule has 2 saturated heterocycles. The molecule has 2 atom stereocenters. The Hall–Kier alpha value is -4.09. The van der Waals surface area contributed by atoms with Gasteiger partial charge in [-0.25, -0.2) is 8.42 Å². The highest BCUT2D eigenvalue weighted by Gasteiger charge is 2.53. The number of aromatic nitrogens is 1. The smallest absolute Gasteiger partial charge is 0.251 e.